The molecule has 0 radical (unpaired) electrons. The molecule has 1 aromatic rings. The molecule has 0 unspecified atom stereocenters. The smallest absolute Gasteiger partial charge is 0.249 e. The Kier molecular flexibility index (Phi) is 3.88. The lowest BCUT2D eigenvalue weighted by molar-refractivity contribution is -0.148. The zero-order valence-corrected chi connectivity index (χ0v) is 11.7. The molecule has 6 heteroatoms. The highest BCUT2D eigenvalue weighted by atomic mass is 19.1. The molecule has 5 nitrogen and oxygen atoms in total. The third-order valence-electron chi connectivity index (χ3n) is 4.04. The van der Waals surface area contributed by atoms with E-state index in [0.717, 1.165) is 25.9 Å². The normalized spacial score (nSPS) is 21.0. The number of nitrogens with zero attached hydrogens (tertiary/aromatic N) is 2. The first kappa shape index (κ1) is 14.0. The second-order valence-electron chi connectivity index (χ2n) is 5.47. The highest BCUT2D eigenvalue weighted by Crippen LogP contribution is 2.21. The van der Waals surface area contributed by atoms with Crippen molar-refractivity contribution < 1.29 is 14.0 Å². The van der Waals surface area contributed by atoms with Crippen molar-refractivity contribution in [3.63, 3.8) is 0 Å². The fourth-order valence-electron chi connectivity index (χ4n) is 3.00. The number of piperazine rings is 1. The fraction of sp³-hybridized carbons (Fsp3) is 0.467. The van der Waals surface area contributed by atoms with Crippen LogP contribution in [-0.2, 0) is 9.59 Å². The molecule has 2 fully saturated rings. The van der Waals surface area contributed by atoms with Crippen molar-refractivity contribution in [2.45, 2.75) is 18.9 Å². The lowest BCUT2D eigenvalue weighted by atomic mass is 10.0. The van der Waals surface area contributed by atoms with Gasteiger partial charge in [-0.25, -0.2) is 4.39 Å². The molecule has 1 N–H and O–H groups in total. The highest BCUT2D eigenvalue weighted by molar-refractivity contribution is 6.03. The van der Waals surface area contributed by atoms with Crippen LogP contribution in [0.3, 0.4) is 0 Å². The molecule has 0 atom stereocenters. The largest absolute Gasteiger partial charge is 0.353 e. The maximum atomic E-state index is 13.3. The van der Waals surface area contributed by atoms with Crippen LogP contribution in [0.5, 0.6) is 0 Å². The van der Waals surface area contributed by atoms with Gasteiger partial charge in [-0.05, 0) is 44.1 Å². The summed E-state index contributed by atoms with van der Waals surface area (Å²) < 4.78 is 13.3. The minimum Gasteiger partial charge on any atom is -0.353 e. The molecule has 2 saturated heterocycles. The number of carbonyl (C=O) groups excluding carboxylic acids is 2. The van der Waals surface area contributed by atoms with E-state index < -0.39 is 0 Å². The second kappa shape index (κ2) is 5.81. The zero-order chi connectivity index (χ0) is 14.8. The van der Waals surface area contributed by atoms with Crippen LogP contribution in [-0.4, -0.2) is 48.9 Å². The van der Waals surface area contributed by atoms with Crippen LogP contribution in [0, 0.1) is 5.82 Å². The Bertz CT molecular complexity index is 540. The SMILES string of the molecule is O=C1CN(c2cccc(F)c2)CC(=O)N1C1CCNCC1. The minimum absolute atomic E-state index is 0.000842. The maximum Gasteiger partial charge on any atom is 0.249 e. The molecule has 112 valence electrons. The van der Waals surface area contributed by atoms with E-state index in [4.69, 9.17) is 0 Å². The Labute approximate surface area is 122 Å². The monoisotopic (exact) mass is 291 g/mol. The van der Waals surface area contributed by atoms with Gasteiger partial charge >= 0.3 is 0 Å². The number of piperidine rings is 1. The Morgan fingerprint density at radius 3 is 2.38 bits per heavy atom. The summed E-state index contributed by atoms with van der Waals surface area (Å²) in [5.41, 5.74) is 0.571. The molecule has 0 saturated carbocycles. The molecule has 2 aliphatic rings. The maximum absolute atomic E-state index is 13.3. The number of hydrogen-bond donors (Lipinski definition) is 1. The first-order valence-corrected chi connectivity index (χ1v) is 7.21. The minimum atomic E-state index is -0.367. The standard InChI is InChI=1S/C15H18FN3O2/c16-11-2-1-3-13(8-11)18-9-14(20)19(15(21)10-18)12-4-6-17-7-5-12/h1-3,8,12,17H,4-7,9-10H2. The number of amides is 2. The average molecular weight is 291 g/mol. The first-order chi connectivity index (χ1) is 10.1. The molecular formula is C15H18FN3O2. The van der Waals surface area contributed by atoms with Crippen molar-refractivity contribution in [1.82, 2.24) is 10.2 Å². The predicted octanol–water partition coefficient (Wildman–Crippen LogP) is 0.753. The molecule has 0 spiro atoms. The third kappa shape index (κ3) is 2.90. The number of benzene rings is 1. The molecule has 2 amide bonds. The number of hydrogen-bond acceptors (Lipinski definition) is 4. The molecule has 21 heavy (non-hydrogen) atoms. The lowest BCUT2D eigenvalue weighted by Gasteiger charge is -2.39. The van der Waals surface area contributed by atoms with Crippen LogP contribution in [0.2, 0.25) is 0 Å². The lowest BCUT2D eigenvalue weighted by Crippen LogP contribution is -2.59. The number of nitrogens with one attached hydrogen (secondary N) is 1. The molecule has 0 bridgehead atoms. The van der Waals surface area contributed by atoms with Crippen molar-refractivity contribution in [2.24, 2.45) is 0 Å². The number of rotatable bonds is 2. The summed E-state index contributed by atoms with van der Waals surface area (Å²) in [5, 5.41) is 3.22. The van der Waals surface area contributed by atoms with Gasteiger partial charge < -0.3 is 10.2 Å². The Morgan fingerprint density at radius 2 is 1.76 bits per heavy atom. The summed E-state index contributed by atoms with van der Waals surface area (Å²) in [4.78, 5) is 27.7. The summed E-state index contributed by atoms with van der Waals surface area (Å²) in [6.07, 6.45) is 1.61. The molecule has 2 heterocycles. The molecule has 0 aliphatic carbocycles. The molecule has 1 aromatic carbocycles. The van der Waals surface area contributed by atoms with E-state index in [9.17, 15) is 14.0 Å². The van der Waals surface area contributed by atoms with E-state index in [1.165, 1.54) is 17.0 Å². The van der Waals surface area contributed by atoms with Gasteiger partial charge in [-0.2, -0.15) is 0 Å². The molecule has 0 aromatic heterocycles. The van der Waals surface area contributed by atoms with Crippen LogP contribution in [0.25, 0.3) is 0 Å². The van der Waals surface area contributed by atoms with Gasteiger partial charge in [0.25, 0.3) is 0 Å². The summed E-state index contributed by atoms with van der Waals surface area (Å²) in [7, 11) is 0. The Balaban J connectivity index is 1.74. The average Bonchev–Trinajstić information content (AvgIpc) is 2.47. The topological polar surface area (TPSA) is 52.7 Å². The zero-order valence-electron chi connectivity index (χ0n) is 11.7. The number of carbonyl (C=O) groups is 2. The molecule has 3 rings (SSSR count). The van der Waals surface area contributed by atoms with Gasteiger partial charge in [-0.3, -0.25) is 14.5 Å². The van der Waals surface area contributed by atoms with Crippen molar-refractivity contribution in [1.29, 1.82) is 0 Å². The highest BCUT2D eigenvalue weighted by Gasteiger charge is 2.36. The molecular weight excluding hydrogens is 273 g/mol. The number of halogens is 1. The van der Waals surface area contributed by atoms with Crippen molar-refractivity contribution in [2.75, 3.05) is 31.1 Å². The van der Waals surface area contributed by atoms with E-state index in [0.29, 0.717) is 5.69 Å². The third-order valence-corrected chi connectivity index (χ3v) is 4.04. The van der Waals surface area contributed by atoms with Crippen LogP contribution in [0.1, 0.15) is 12.8 Å². The van der Waals surface area contributed by atoms with E-state index in [1.807, 2.05) is 0 Å². The number of anilines is 1. The Hall–Kier alpha value is -1.95. The summed E-state index contributed by atoms with van der Waals surface area (Å²) in [5.74, 6) is -0.752. The van der Waals surface area contributed by atoms with E-state index in [2.05, 4.69) is 5.32 Å². The van der Waals surface area contributed by atoms with Crippen molar-refractivity contribution in [3.8, 4) is 0 Å². The quantitative estimate of drug-likeness (QED) is 0.817. The van der Waals surface area contributed by atoms with Crippen LogP contribution in [0.15, 0.2) is 24.3 Å². The Morgan fingerprint density at radius 1 is 1.10 bits per heavy atom. The van der Waals surface area contributed by atoms with Gasteiger partial charge in [0, 0.05) is 11.7 Å². The second-order valence-corrected chi connectivity index (χ2v) is 5.47. The van der Waals surface area contributed by atoms with E-state index >= 15 is 0 Å². The van der Waals surface area contributed by atoms with Crippen LogP contribution < -0.4 is 10.2 Å². The van der Waals surface area contributed by atoms with Gasteiger partial charge in [0.1, 0.15) is 5.82 Å². The van der Waals surface area contributed by atoms with Gasteiger partial charge in [0.15, 0.2) is 0 Å². The van der Waals surface area contributed by atoms with Crippen molar-refractivity contribution >= 4 is 17.5 Å². The van der Waals surface area contributed by atoms with Gasteiger partial charge in [-0.15, -0.1) is 0 Å². The summed E-state index contributed by atoms with van der Waals surface area (Å²) >= 11 is 0. The fourth-order valence-corrected chi connectivity index (χ4v) is 3.00. The van der Waals surface area contributed by atoms with Crippen LogP contribution in [0.4, 0.5) is 10.1 Å². The van der Waals surface area contributed by atoms with Gasteiger partial charge in [0.05, 0.1) is 13.1 Å². The summed E-state index contributed by atoms with van der Waals surface area (Å²) in [6, 6.07) is 5.99. The summed E-state index contributed by atoms with van der Waals surface area (Å²) in [6.45, 7) is 1.91. The van der Waals surface area contributed by atoms with Gasteiger partial charge in [-0.1, -0.05) is 6.07 Å². The van der Waals surface area contributed by atoms with Crippen molar-refractivity contribution in [3.05, 3.63) is 30.1 Å². The van der Waals surface area contributed by atoms with Crippen LogP contribution >= 0.6 is 0 Å². The van der Waals surface area contributed by atoms with E-state index in [-0.39, 0.29) is 36.8 Å². The van der Waals surface area contributed by atoms with E-state index in [1.54, 1.807) is 17.0 Å². The molecule has 2 aliphatic heterocycles. The first-order valence-electron chi connectivity index (χ1n) is 7.21. The van der Waals surface area contributed by atoms with Gasteiger partial charge in [0.2, 0.25) is 11.8 Å². The predicted molar refractivity (Wildman–Crippen MR) is 76.4 cm³/mol. The number of imide groups is 1.